The molecule has 1 saturated heterocycles. The van der Waals surface area contributed by atoms with Crippen LogP contribution in [-0.4, -0.2) is 62.4 Å². The first kappa shape index (κ1) is 21.7. The van der Waals surface area contributed by atoms with Gasteiger partial charge >= 0.3 is 0 Å². The maximum atomic E-state index is 12.8. The summed E-state index contributed by atoms with van der Waals surface area (Å²) in [4.78, 5) is 6.68. The van der Waals surface area contributed by atoms with Gasteiger partial charge in [0.15, 0.2) is 0 Å². The molecule has 0 amide bonds. The molecule has 0 aliphatic carbocycles. The second-order valence-electron chi connectivity index (χ2n) is 7.26. The number of sulfonamides is 1. The van der Waals surface area contributed by atoms with E-state index in [1.54, 1.807) is 12.1 Å². The van der Waals surface area contributed by atoms with Gasteiger partial charge in [0, 0.05) is 45.5 Å². The van der Waals surface area contributed by atoms with Crippen molar-refractivity contribution in [1.29, 1.82) is 0 Å². The minimum absolute atomic E-state index is 0.237. The van der Waals surface area contributed by atoms with E-state index in [0.29, 0.717) is 32.1 Å². The van der Waals surface area contributed by atoms with E-state index in [9.17, 15) is 8.42 Å². The number of hydrogen-bond acceptors (Lipinski definition) is 6. The van der Waals surface area contributed by atoms with Gasteiger partial charge in [-0.15, -0.1) is 0 Å². The number of pyridine rings is 1. The van der Waals surface area contributed by atoms with Gasteiger partial charge in [-0.05, 0) is 36.7 Å². The monoisotopic (exact) mass is 418 g/mol. The topological polar surface area (TPSA) is 74.8 Å². The van der Waals surface area contributed by atoms with E-state index in [0.717, 1.165) is 37.2 Å². The van der Waals surface area contributed by atoms with Crippen molar-refractivity contribution in [2.45, 2.75) is 31.4 Å². The summed E-state index contributed by atoms with van der Waals surface area (Å²) < 4.78 is 32.8. The summed E-state index contributed by atoms with van der Waals surface area (Å²) in [5.74, 6) is 0.645. The largest absolute Gasteiger partial charge is 0.377 e. The highest BCUT2D eigenvalue weighted by molar-refractivity contribution is 7.89. The van der Waals surface area contributed by atoms with Crippen molar-refractivity contribution in [3.63, 3.8) is 0 Å². The molecule has 1 N–H and O–H groups in total. The van der Waals surface area contributed by atoms with Gasteiger partial charge in [-0.1, -0.05) is 31.2 Å². The van der Waals surface area contributed by atoms with E-state index in [1.807, 2.05) is 19.2 Å². The molecule has 0 atom stereocenters. The fourth-order valence-electron chi connectivity index (χ4n) is 3.20. The second-order valence-corrected chi connectivity index (χ2v) is 9.20. The summed E-state index contributed by atoms with van der Waals surface area (Å²) in [5.41, 5.74) is 2.28. The standard InChI is InChI=1S/C21H30N4O3S/c1-3-14-28-17-19-7-5-4-6-18(19)15-22-21-9-8-20(16-23-21)29(26,27)25-12-10-24(2)11-13-25/h4-9,16H,3,10-15,17H2,1-2H3,(H,22,23). The van der Waals surface area contributed by atoms with E-state index in [1.165, 1.54) is 10.5 Å². The van der Waals surface area contributed by atoms with Crippen molar-refractivity contribution in [1.82, 2.24) is 14.2 Å². The molecule has 0 radical (unpaired) electrons. The number of anilines is 1. The minimum atomic E-state index is -3.49. The lowest BCUT2D eigenvalue weighted by Crippen LogP contribution is -2.47. The van der Waals surface area contributed by atoms with Gasteiger partial charge in [-0.2, -0.15) is 4.31 Å². The number of nitrogens with one attached hydrogen (secondary N) is 1. The van der Waals surface area contributed by atoms with Gasteiger partial charge in [0.05, 0.1) is 6.61 Å². The molecule has 8 heteroatoms. The van der Waals surface area contributed by atoms with Crippen molar-refractivity contribution < 1.29 is 13.2 Å². The molecule has 2 heterocycles. The fourth-order valence-corrected chi connectivity index (χ4v) is 4.57. The highest BCUT2D eigenvalue weighted by Crippen LogP contribution is 2.19. The Labute approximate surface area is 173 Å². The van der Waals surface area contributed by atoms with Crippen LogP contribution < -0.4 is 5.32 Å². The van der Waals surface area contributed by atoms with E-state index >= 15 is 0 Å². The van der Waals surface area contributed by atoms with Crippen molar-refractivity contribution in [3.8, 4) is 0 Å². The summed E-state index contributed by atoms with van der Waals surface area (Å²) in [6.45, 7) is 6.52. The summed E-state index contributed by atoms with van der Waals surface area (Å²) in [6.07, 6.45) is 2.43. The van der Waals surface area contributed by atoms with Crippen LogP contribution in [0.4, 0.5) is 5.82 Å². The van der Waals surface area contributed by atoms with Gasteiger partial charge in [-0.25, -0.2) is 13.4 Å². The van der Waals surface area contributed by atoms with Crippen LogP contribution in [0.25, 0.3) is 0 Å². The Balaban J connectivity index is 1.61. The van der Waals surface area contributed by atoms with E-state index in [2.05, 4.69) is 34.3 Å². The molecular formula is C21H30N4O3S. The van der Waals surface area contributed by atoms with Gasteiger partial charge in [0.2, 0.25) is 10.0 Å². The quantitative estimate of drug-likeness (QED) is 0.631. The lowest BCUT2D eigenvalue weighted by molar-refractivity contribution is 0.121. The van der Waals surface area contributed by atoms with Gasteiger partial charge in [-0.3, -0.25) is 0 Å². The number of hydrogen-bond donors (Lipinski definition) is 1. The van der Waals surface area contributed by atoms with Crippen LogP contribution in [0.2, 0.25) is 0 Å². The maximum Gasteiger partial charge on any atom is 0.244 e. The summed E-state index contributed by atoms with van der Waals surface area (Å²) in [7, 11) is -1.49. The van der Waals surface area contributed by atoms with Crippen molar-refractivity contribution in [3.05, 3.63) is 53.7 Å². The molecule has 158 valence electrons. The van der Waals surface area contributed by atoms with Crippen molar-refractivity contribution >= 4 is 15.8 Å². The number of nitrogens with zero attached hydrogens (tertiary/aromatic N) is 3. The third-order valence-electron chi connectivity index (χ3n) is 5.02. The Morgan fingerprint density at radius 3 is 2.45 bits per heavy atom. The number of likely N-dealkylation sites (N-methyl/N-ethyl adjacent to an activating group) is 1. The molecule has 0 saturated carbocycles. The Kier molecular flexibility index (Phi) is 7.60. The van der Waals surface area contributed by atoms with Crippen LogP contribution in [-0.2, 0) is 27.9 Å². The Morgan fingerprint density at radius 1 is 1.07 bits per heavy atom. The fraction of sp³-hybridized carbons (Fsp3) is 0.476. The van der Waals surface area contributed by atoms with Crippen LogP contribution in [0, 0.1) is 0 Å². The van der Waals surface area contributed by atoms with Gasteiger partial charge in [0.1, 0.15) is 10.7 Å². The minimum Gasteiger partial charge on any atom is -0.377 e. The van der Waals surface area contributed by atoms with Crippen LogP contribution in [0.5, 0.6) is 0 Å². The molecule has 1 aromatic heterocycles. The number of benzene rings is 1. The van der Waals surface area contributed by atoms with E-state index < -0.39 is 10.0 Å². The van der Waals surface area contributed by atoms with E-state index in [-0.39, 0.29) is 4.90 Å². The van der Waals surface area contributed by atoms with Crippen LogP contribution >= 0.6 is 0 Å². The molecular weight excluding hydrogens is 388 g/mol. The molecule has 0 spiro atoms. The summed E-state index contributed by atoms with van der Waals surface area (Å²) >= 11 is 0. The van der Waals surface area contributed by atoms with Crippen LogP contribution in [0.3, 0.4) is 0 Å². The van der Waals surface area contributed by atoms with Crippen LogP contribution in [0.1, 0.15) is 24.5 Å². The second kappa shape index (κ2) is 10.2. The Bertz CT molecular complexity index is 879. The zero-order chi connectivity index (χ0) is 20.7. The predicted molar refractivity (Wildman–Crippen MR) is 114 cm³/mol. The lowest BCUT2D eigenvalue weighted by Gasteiger charge is -2.31. The SMILES string of the molecule is CCCOCc1ccccc1CNc1ccc(S(=O)(=O)N2CCN(C)CC2)cn1. The summed E-state index contributed by atoms with van der Waals surface area (Å²) in [5, 5.41) is 3.27. The van der Waals surface area contributed by atoms with E-state index in [4.69, 9.17) is 4.74 Å². The first-order chi connectivity index (χ1) is 14.0. The number of piperazine rings is 1. The Hall–Kier alpha value is -2.00. The molecule has 0 bridgehead atoms. The highest BCUT2D eigenvalue weighted by Gasteiger charge is 2.27. The average molecular weight is 419 g/mol. The predicted octanol–water partition coefficient (Wildman–Crippen LogP) is 2.56. The highest BCUT2D eigenvalue weighted by atomic mass is 32.2. The summed E-state index contributed by atoms with van der Waals surface area (Å²) in [6, 6.07) is 11.5. The molecule has 3 rings (SSSR count). The average Bonchev–Trinajstić information content (AvgIpc) is 2.74. The van der Waals surface area contributed by atoms with Crippen molar-refractivity contribution in [2.75, 3.05) is 45.2 Å². The third kappa shape index (κ3) is 5.76. The van der Waals surface area contributed by atoms with Crippen molar-refractivity contribution in [2.24, 2.45) is 0 Å². The zero-order valence-corrected chi connectivity index (χ0v) is 18.0. The normalized spacial score (nSPS) is 16.1. The molecule has 29 heavy (non-hydrogen) atoms. The molecule has 0 unspecified atom stereocenters. The maximum absolute atomic E-state index is 12.8. The molecule has 1 aromatic carbocycles. The molecule has 1 aliphatic heterocycles. The molecule has 7 nitrogen and oxygen atoms in total. The molecule has 2 aromatic rings. The zero-order valence-electron chi connectivity index (χ0n) is 17.2. The first-order valence-electron chi connectivity index (χ1n) is 10.0. The number of aromatic nitrogens is 1. The molecule has 1 aliphatic rings. The van der Waals surface area contributed by atoms with Crippen LogP contribution in [0.15, 0.2) is 47.5 Å². The Morgan fingerprint density at radius 2 is 1.79 bits per heavy atom. The van der Waals surface area contributed by atoms with Gasteiger partial charge < -0.3 is 15.0 Å². The van der Waals surface area contributed by atoms with Gasteiger partial charge in [0.25, 0.3) is 0 Å². The number of ether oxygens (including phenoxy) is 1. The first-order valence-corrected chi connectivity index (χ1v) is 11.5. The number of rotatable bonds is 9. The third-order valence-corrected chi connectivity index (χ3v) is 6.90. The molecule has 1 fully saturated rings. The smallest absolute Gasteiger partial charge is 0.244 e. The lowest BCUT2D eigenvalue weighted by atomic mass is 10.1.